The first-order chi connectivity index (χ1) is 8.52. The van der Waals surface area contributed by atoms with Gasteiger partial charge in [-0.15, -0.1) is 0 Å². The molecule has 5 nitrogen and oxygen atoms in total. The molecule has 0 aromatic heterocycles. The second-order valence-corrected chi connectivity index (χ2v) is 4.02. The molecule has 0 saturated heterocycles. The monoisotopic (exact) mass is 270 g/mol. The van der Waals surface area contributed by atoms with E-state index in [2.05, 4.69) is 10.6 Å². The number of carbonyl (C=O) groups is 2. The largest absolute Gasteiger partial charge is 0.464 e. The third-order valence-electron chi connectivity index (χ3n) is 2.07. The first-order valence-corrected chi connectivity index (χ1v) is 5.90. The highest BCUT2D eigenvalue weighted by atomic mass is 35.5. The van der Waals surface area contributed by atoms with Gasteiger partial charge in [-0.3, -0.25) is 0 Å². The molecule has 2 N–H and O–H groups in total. The lowest BCUT2D eigenvalue weighted by Crippen LogP contribution is -2.41. The molecule has 98 valence electrons. The van der Waals surface area contributed by atoms with E-state index in [4.69, 9.17) is 16.3 Å². The quantitative estimate of drug-likeness (QED) is 0.826. The van der Waals surface area contributed by atoms with Crippen LogP contribution in [0.2, 0.25) is 5.02 Å². The highest BCUT2D eigenvalue weighted by Crippen LogP contribution is 2.14. The molecule has 0 radical (unpaired) electrons. The molecule has 1 rings (SSSR count). The molecule has 1 atom stereocenters. The van der Waals surface area contributed by atoms with E-state index in [0.29, 0.717) is 10.7 Å². The van der Waals surface area contributed by atoms with Gasteiger partial charge in [-0.05, 0) is 32.0 Å². The number of ether oxygens (including phenoxy) is 1. The van der Waals surface area contributed by atoms with Crippen molar-refractivity contribution in [1.82, 2.24) is 5.32 Å². The third kappa shape index (κ3) is 4.63. The van der Waals surface area contributed by atoms with Crippen LogP contribution in [-0.4, -0.2) is 24.6 Å². The van der Waals surface area contributed by atoms with E-state index < -0.39 is 18.0 Å². The predicted molar refractivity (Wildman–Crippen MR) is 69.7 cm³/mol. The molecule has 0 aliphatic heterocycles. The molecule has 1 aromatic carbocycles. The zero-order valence-electron chi connectivity index (χ0n) is 10.2. The number of nitrogens with one attached hydrogen (secondary N) is 2. The Labute approximate surface area is 110 Å². The van der Waals surface area contributed by atoms with Gasteiger partial charge in [-0.1, -0.05) is 17.7 Å². The Morgan fingerprint density at radius 1 is 1.44 bits per heavy atom. The maximum Gasteiger partial charge on any atom is 0.328 e. The summed E-state index contributed by atoms with van der Waals surface area (Å²) in [6.07, 6.45) is 0. The van der Waals surface area contributed by atoms with E-state index in [1.54, 1.807) is 38.1 Å². The number of carbonyl (C=O) groups excluding carboxylic acids is 2. The van der Waals surface area contributed by atoms with Crippen molar-refractivity contribution in [3.63, 3.8) is 0 Å². The highest BCUT2D eigenvalue weighted by Gasteiger charge is 2.16. The Morgan fingerprint density at radius 2 is 2.17 bits per heavy atom. The van der Waals surface area contributed by atoms with E-state index in [0.717, 1.165) is 0 Å². The molecule has 1 unspecified atom stereocenters. The van der Waals surface area contributed by atoms with E-state index in [9.17, 15) is 9.59 Å². The Hall–Kier alpha value is -1.75. The fourth-order valence-corrected chi connectivity index (χ4v) is 1.45. The van der Waals surface area contributed by atoms with Crippen LogP contribution >= 0.6 is 11.6 Å². The number of urea groups is 1. The summed E-state index contributed by atoms with van der Waals surface area (Å²) in [6, 6.07) is 5.52. The van der Waals surface area contributed by atoms with Crippen molar-refractivity contribution in [2.24, 2.45) is 0 Å². The van der Waals surface area contributed by atoms with Crippen LogP contribution in [0.1, 0.15) is 13.8 Å². The number of esters is 1. The Balaban J connectivity index is 2.49. The molecule has 0 heterocycles. The van der Waals surface area contributed by atoms with Gasteiger partial charge >= 0.3 is 12.0 Å². The van der Waals surface area contributed by atoms with Crippen molar-refractivity contribution in [1.29, 1.82) is 0 Å². The van der Waals surface area contributed by atoms with Gasteiger partial charge in [-0.2, -0.15) is 0 Å². The average Bonchev–Trinajstić information content (AvgIpc) is 2.28. The van der Waals surface area contributed by atoms with Crippen LogP contribution in [0.5, 0.6) is 0 Å². The minimum Gasteiger partial charge on any atom is -0.464 e. The van der Waals surface area contributed by atoms with Crippen LogP contribution in [-0.2, 0) is 9.53 Å². The number of amides is 2. The molecule has 0 saturated carbocycles. The standard InChI is InChI=1S/C12H15ClN2O3/c1-3-18-11(16)8(2)14-12(17)15-10-6-4-5-9(13)7-10/h4-8H,3H2,1-2H3,(H2,14,15,17). The molecule has 0 aliphatic carbocycles. The van der Waals surface area contributed by atoms with E-state index >= 15 is 0 Å². The second kappa shape index (κ2) is 6.86. The first-order valence-electron chi connectivity index (χ1n) is 5.52. The minimum absolute atomic E-state index is 0.279. The Morgan fingerprint density at radius 3 is 2.78 bits per heavy atom. The molecule has 1 aromatic rings. The summed E-state index contributed by atoms with van der Waals surface area (Å²) >= 11 is 5.78. The fraction of sp³-hybridized carbons (Fsp3) is 0.333. The highest BCUT2D eigenvalue weighted by molar-refractivity contribution is 6.30. The number of anilines is 1. The van der Waals surface area contributed by atoms with Crippen LogP contribution in [0.3, 0.4) is 0 Å². The van der Waals surface area contributed by atoms with Gasteiger partial charge in [0.1, 0.15) is 6.04 Å². The van der Waals surface area contributed by atoms with Crippen molar-refractivity contribution in [3.8, 4) is 0 Å². The van der Waals surface area contributed by atoms with Crippen LogP contribution in [0.15, 0.2) is 24.3 Å². The Bertz CT molecular complexity index is 437. The molecule has 0 bridgehead atoms. The summed E-state index contributed by atoms with van der Waals surface area (Å²) in [5.74, 6) is -0.473. The van der Waals surface area contributed by atoms with Crippen LogP contribution in [0.4, 0.5) is 10.5 Å². The Kier molecular flexibility index (Phi) is 5.45. The van der Waals surface area contributed by atoms with E-state index in [1.165, 1.54) is 0 Å². The molecular weight excluding hydrogens is 256 g/mol. The minimum atomic E-state index is -0.705. The molecule has 0 fully saturated rings. The van der Waals surface area contributed by atoms with Gasteiger partial charge < -0.3 is 15.4 Å². The number of halogens is 1. The van der Waals surface area contributed by atoms with Crippen molar-refractivity contribution in [2.45, 2.75) is 19.9 Å². The summed E-state index contributed by atoms with van der Waals surface area (Å²) in [6.45, 7) is 3.53. The van der Waals surface area contributed by atoms with Gasteiger partial charge in [0.15, 0.2) is 0 Å². The lowest BCUT2D eigenvalue weighted by atomic mass is 10.3. The van der Waals surface area contributed by atoms with Crippen molar-refractivity contribution < 1.29 is 14.3 Å². The summed E-state index contributed by atoms with van der Waals surface area (Å²) in [4.78, 5) is 22.9. The lowest BCUT2D eigenvalue weighted by Gasteiger charge is -2.13. The van der Waals surface area contributed by atoms with Crippen LogP contribution in [0, 0.1) is 0 Å². The van der Waals surface area contributed by atoms with Crippen LogP contribution < -0.4 is 10.6 Å². The SMILES string of the molecule is CCOC(=O)C(C)NC(=O)Nc1cccc(Cl)c1. The number of hydrogen-bond acceptors (Lipinski definition) is 3. The lowest BCUT2D eigenvalue weighted by molar-refractivity contribution is -0.144. The zero-order chi connectivity index (χ0) is 13.5. The molecule has 6 heteroatoms. The molecular formula is C12H15ClN2O3. The molecule has 0 spiro atoms. The van der Waals surface area contributed by atoms with Crippen molar-refractivity contribution in [2.75, 3.05) is 11.9 Å². The van der Waals surface area contributed by atoms with E-state index in [1.807, 2.05) is 0 Å². The maximum absolute atomic E-state index is 11.6. The van der Waals surface area contributed by atoms with Crippen molar-refractivity contribution >= 4 is 29.3 Å². The van der Waals surface area contributed by atoms with Crippen LogP contribution in [0.25, 0.3) is 0 Å². The van der Waals surface area contributed by atoms with E-state index in [-0.39, 0.29) is 6.61 Å². The van der Waals surface area contributed by atoms with Gasteiger partial charge in [0.25, 0.3) is 0 Å². The summed E-state index contributed by atoms with van der Waals surface area (Å²) < 4.78 is 4.77. The van der Waals surface area contributed by atoms with Gasteiger partial charge in [-0.25, -0.2) is 9.59 Å². The average molecular weight is 271 g/mol. The van der Waals surface area contributed by atoms with Gasteiger partial charge in [0.2, 0.25) is 0 Å². The maximum atomic E-state index is 11.6. The number of rotatable bonds is 4. The third-order valence-corrected chi connectivity index (χ3v) is 2.31. The summed E-state index contributed by atoms with van der Waals surface area (Å²) in [7, 11) is 0. The number of benzene rings is 1. The number of hydrogen-bond donors (Lipinski definition) is 2. The summed E-state index contributed by atoms with van der Waals surface area (Å²) in [5.41, 5.74) is 0.552. The second-order valence-electron chi connectivity index (χ2n) is 3.58. The van der Waals surface area contributed by atoms with Crippen molar-refractivity contribution in [3.05, 3.63) is 29.3 Å². The smallest absolute Gasteiger partial charge is 0.328 e. The van der Waals surface area contributed by atoms with Gasteiger partial charge in [0, 0.05) is 10.7 Å². The van der Waals surface area contributed by atoms with Gasteiger partial charge in [0.05, 0.1) is 6.61 Å². The topological polar surface area (TPSA) is 67.4 Å². The molecule has 18 heavy (non-hydrogen) atoms. The first kappa shape index (κ1) is 14.3. The summed E-state index contributed by atoms with van der Waals surface area (Å²) in [5, 5.41) is 5.55. The normalized spacial score (nSPS) is 11.5. The molecule has 0 aliphatic rings. The molecule has 2 amide bonds. The predicted octanol–water partition coefficient (Wildman–Crippen LogP) is 2.41. The zero-order valence-corrected chi connectivity index (χ0v) is 11.0. The fourth-order valence-electron chi connectivity index (χ4n) is 1.26.